The van der Waals surface area contributed by atoms with E-state index in [1.54, 1.807) is 0 Å². The number of rotatable bonds is 5. The highest BCUT2D eigenvalue weighted by atomic mass is 15.2. The van der Waals surface area contributed by atoms with Crippen LogP contribution in [-0.4, -0.2) is 30.6 Å². The van der Waals surface area contributed by atoms with Crippen molar-refractivity contribution in [2.75, 3.05) is 19.6 Å². The molecule has 2 atom stereocenters. The maximum Gasteiger partial charge on any atom is 0.0135 e. The lowest BCUT2D eigenvalue weighted by Gasteiger charge is -2.41. The fourth-order valence-corrected chi connectivity index (χ4v) is 4.14. The lowest BCUT2D eigenvalue weighted by atomic mass is 9.82. The van der Waals surface area contributed by atoms with E-state index in [4.69, 9.17) is 5.73 Å². The standard InChI is InChI=1S/C16H32N2/c1-2-18(13-14-8-4-3-5-9-14)16-11-7-6-10-15(16)12-17/h14-16H,2-13,17H2,1H3. The first-order valence-corrected chi connectivity index (χ1v) is 8.29. The molecule has 2 saturated carbocycles. The molecule has 0 amide bonds. The molecule has 0 aromatic carbocycles. The Balaban J connectivity index is 1.89. The van der Waals surface area contributed by atoms with E-state index in [9.17, 15) is 0 Å². The Hall–Kier alpha value is -0.0800. The van der Waals surface area contributed by atoms with Gasteiger partial charge in [-0.2, -0.15) is 0 Å². The quantitative estimate of drug-likeness (QED) is 0.812. The van der Waals surface area contributed by atoms with E-state index in [1.807, 2.05) is 0 Å². The summed E-state index contributed by atoms with van der Waals surface area (Å²) < 4.78 is 0. The first kappa shape index (κ1) is 14.3. The molecule has 2 aliphatic carbocycles. The van der Waals surface area contributed by atoms with Gasteiger partial charge in [0, 0.05) is 12.6 Å². The minimum absolute atomic E-state index is 0.766. The van der Waals surface area contributed by atoms with Gasteiger partial charge in [-0.15, -0.1) is 0 Å². The lowest BCUT2D eigenvalue weighted by Crippen LogP contribution is -2.47. The Labute approximate surface area is 113 Å². The summed E-state index contributed by atoms with van der Waals surface area (Å²) >= 11 is 0. The van der Waals surface area contributed by atoms with Crippen LogP contribution in [0.25, 0.3) is 0 Å². The van der Waals surface area contributed by atoms with Crippen LogP contribution in [-0.2, 0) is 0 Å². The zero-order chi connectivity index (χ0) is 12.8. The summed E-state index contributed by atoms with van der Waals surface area (Å²) in [6.45, 7) is 5.80. The molecule has 0 bridgehead atoms. The number of hydrogen-bond donors (Lipinski definition) is 1. The predicted octanol–water partition coefficient (Wildman–Crippen LogP) is 3.41. The molecule has 2 nitrogen and oxygen atoms in total. The first-order valence-electron chi connectivity index (χ1n) is 8.29. The molecule has 2 aliphatic rings. The maximum atomic E-state index is 5.99. The van der Waals surface area contributed by atoms with Crippen molar-refractivity contribution in [2.24, 2.45) is 17.6 Å². The van der Waals surface area contributed by atoms with Crippen molar-refractivity contribution in [1.29, 1.82) is 0 Å². The second kappa shape index (κ2) is 7.49. The van der Waals surface area contributed by atoms with E-state index >= 15 is 0 Å². The van der Waals surface area contributed by atoms with Crippen LogP contribution in [0.1, 0.15) is 64.7 Å². The minimum atomic E-state index is 0.766. The van der Waals surface area contributed by atoms with Crippen LogP contribution in [0.15, 0.2) is 0 Å². The number of nitrogens with two attached hydrogens (primary N) is 1. The monoisotopic (exact) mass is 252 g/mol. The van der Waals surface area contributed by atoms with Crippen LogP contribution in [0.4, 0.5) is 0 Å². The molecule has 0 spiro atoms. The summed E-state index contributed by atoms with van der Waals surface area (Å²) in [5, 5.41) is 0. The van der Waals surface area contributed by atoms with Gasteiger partial charge in [-0.05, 0) is 50.6 Å². The third kappa shape index (κ3) is 3.71. The molecular formula is C16H32N2. The zero-order valence-corrected chi connectivity index (χ0v) is 12.2. The van der Waals surface area contributed by atoms with Crippen LogP contribution in [0, 0.1) is 11.8 Å². The van der Waals surface area contributed by atoms with Crippen LogP contribution in [0.2, 0.25) is 0 Å². The van der Waals surface area contributed by atoms with E-state index < -0.39 is 0 Å². The molecule has 0 aliphatic heterocycles. The van der Waals surface area contributed by atoms with Crippen LogP contribution in [0.5, 0.6) is 0 Å². The molecule has 18 heavy (non-hydrogen) atoms. The SMILES string of the molecule is CCN(CC1CCCCC1)C1CCCCC1CN. The van der Waals surface area contributed by atoms with Gasteiger partial charge in [0.15, 0.2) is 0 Å². The molecule has 0 heterocycles. The van der Waals surface area contributed by atoms with E-state index in [0.717, 1.165) is 24.4 Å². The van der Waals surface area contributed by atoms with Gasteiger partial charge in [0.05, 0.1) is 0 Å². The second-order valence-corrected chi connectivity index (χ2v) is 6.44. The van der Waals surface area contributed by atoms with Gasteiger partial charge >= 0.3 is 0 Å². The maximum absolute atomic E-state index is 5.99. The molecule has 2 unspecified atom stereocenters. The average Bonchev–Trinajstić information content (AvgIpc) is 2.46. The third-order valence-corrected chi connectivity index (χ3v) is 5.26. The summed E-state index contributed by atoms with van der Waals surface area (Å²) in [5.41, 5.74) is 5.99. The smallest absolute Gasteiger partial charge is 0.0135 e. The van der Waals surface area contributed by atoms with Crippen molar-refractivity contribution in [3.63, 3.8) is 0 Å². The predicted molar refractivity (Wildman–Crippen MR) is 78.6 cm³/mol. The molecular weight excluding hydrogens is 220 g/mol. The van der Waals surface area contributed by atoms with E-state index in [0.29, 0.717) is 0 Å². The summed E-state index contributed by atoms with van der Waals surface area (Å²) in [5.74, 6) is 1.74. The van der Waals surface area contributed by atoms with Crippen molar-refractivity contribution in [2.45, 2.75) is 70.8 Å². The summed E-state index contributed by atoms with van der Waals surface area (Å²) in [4.78, 5) is 2.77. The van der Waals surface area contributed by atoms with Crippen LogP contribution >= 0.6 is 0 Å². The Morgan fingerprint density at radius 2 is 1.61 bits per heavy atom. The molecule has 0 radical (unpaired) electrons. The Kier molecular flexibility index (Phi) is 5.97. The Morgan fingerprint density at radius 1 is 0.944 bits per heavy atom. The molecule has 2 fully saturated rings. The third-order valence-electron chi connectivity index (χ3n) is 5.26. The fraction of sp³-hybridized carbons (Fsp3) is 1.00. The van der Waals surface area contributed by atoms with E-state index in [1.165, 1.54) is 70.9 Å². The number of nitrogens with zero attached hydrogens (tertiary/aromatic N) is 1. The van der Waals surface area contributed by atoms with Gasteiger partial charge in [0.1, 0.15) is 0 Å². The molecule has 2 N–H and O–H groups in total. The van der Waals surface area contributed by atoms with Crippen molar-refractivity contribution >= 4 is 0 Å². The molecule has 2 heteroatoms. The molecule has 2 rings (SSSR count). The fourth-order valence-electron chi connectivity index (χ4n) is 4.14. The largest absolute Gasteiger partial charge is 0.330 e. The molecule has 106 valence electrons. The molecule has 0 aromatic heterocycles. The van der Waals surface area contributed by atoms with Crippen molar-refractivity contribution in [1.82, 2.24) is 4.90 Å². The topological polar surface area (TPSA) is 29.3 Å². The molecule has 0 aromatic rings. The van der Waals surface area contributed by atoms with E-state index in [2.05, 4.69) is 11.8 Å². The minimum Gasteiger partial charge on any atom is -0.330 e. The van der Waals surface area contributed by atoms with Gasteiger partial charge in [-0.3, -0.25) is 0 Å². The summed E-state index contributed by atoms with van der Waals surface area (Å²) in [6.07, 6.45) is 12.9. The highest BCUT2D eigenvalue weighted by Crippen LogP contribution is 2.31. The van der Waals surface area contributed by atoms with Crippen LogP contribution < -0.4 is 5.73 Å². The first-order chi connectivity index (χ1) is 8.85. The normalized spacial score (nSPS) is 30.8. The van der Waals surface area contributed by atoms with Gasteiger partial charge in [-0.25, -0.2) is 0 Å². The molecule has 0 saturated heterocycles. The second-order valence-electron chi connectivity index (χ2n) is 6.44. The van der Waals surface area contributed by atoms with E-state index in [-0.39, 0.29) is 0 Å². The Bertz CT molecular complexity index is 223. The van der Waals surface area contributed by atoms with Crippen molar-refractivity contribution < 1.29 is 0 Å². The van der Waals surface area contributed by atoms with Gasteiger partial charge in [-0.1, -0.05) is 39.0 Å². The summed E-state index contributed by atoms with van der Waals surface area (Å²) in [6, 6.07) is 0.788. The Morgan fingerprint density at radius 3 is 2.28 bits per heavy atom. The zero-order valence-electron chi connectivity index (χ0n) is 12.2. The van der Waals surface area contributed by atoms with Crippen LogP contribution in [0.3, 0.4) is 0 Å². The van der Waals surface area contributed by atoms with Crippen molar-refractivity contribution in [3.05, 3.63) is 0 Å². The van der Waals surface area contributed by atoms with Crippen molar-refractivity contribution in [3.8, 4) is 0 Å². The van der Waals surface area contributed by atoms with Gasteiger partial charge < -0.3 is 10.6 Å². The lowest BCUT2D eigenvalue weighted by molar-refractivity contribution is 0.0874. The highest BCUT2D eigenvalue weighted by Gasteiger charge is 2.29. The van der Waals surface area contributed by atoms with Gasteiger partial charge in [0.25, 0.3) is 0 Å². The number of hydrogen-bond acceptors (Lipinski definition) is 2. The highest BCUT2D eigenvalue weighted by molar-refractivity contribution is 4.85. The average molecular weight is 252 g/mol. The van der Waals surface area contributed by atoms with Gasteiger partial charge in [0.2, 0.25) is 0 Å². The summed E-state index contributed by atoms with van der Waals surface area (Å²) in [7, 11) is 0.